The average Bonchev–Trinajstić information content (AvgIpc) is 2.44. The quantitative estimate of drug-likeness (QED) is 0.780. The number of benzene rings is 1. The lowest BCUT2D eigenvalue weighted by atomic mass is 10.1. The summed E-state index contributed by atoms with van der Waals surface area (Å²) in [5, 5.41) is 5.81. The van der Waals surface area contributed by atoms with E-state index in [0.29, 0.717) is 16.6 Å². The van der Waals surface area contributed by atoms with E-state index in [1.807, 2.05) is 13.0 Å². The van der Waals surface area contributed by atoms with Gasteiger partial charge in [0, 0.05) is 22.6 Å². The fraction of sp³-hybridized carbons (Fsp3) is 0.333. The Morgan fingerprint density at radius 3 is 2.68 bits per heavy atom. The maximum Gasteiger partial charge on any atom is 0.321 e. The molecular formula is C15H19Cl2N3O2. The molecule has 0 heterocycles. The SMILES string of the molecule is C=CCNC(=O)NC(=O)CN(C)C(C)c1ccc(Cl)cc1Cl. The van der Waals surface area contributed by atoms with Crippen molar-refractivity contribution >= 4 is 35.1 Å². The lowest BCUT2D eigenvalue weighted by molar-refractivity contribution is -0.121. The van der Waals surface area contributed by atoms with Gasteiger partial charge in [0.15, 0.2) is 0 Å². The summed E-state index contributed by atoms with van der Waals surface area (Å²) in [7, 11) is 1.77. The fourth-order valence-corrected chi connectivity index (χ4v) is 2.38. The first-order chi connectivity index (χ1) is 10.3. The van der Waals surface area contributed by atoms with Gasteiger partial charge in [0.1, 0.15) is 0 Å². The summed E-state index contributed by atoms with van der Waals surface area (Å²) >= 11 is 12.0. The standard InChI is InChI=1S/C15H19Cl2N3O2/c1-4-7-18-15(22)19-14(21)9-20(3)10(2)12-6-5-11(16)8-13(12)17/h4-6,8,10H,1,7,9H2,2-3H3,(H2,18,19,21,22). The van der Waals surface area contributed by atoms with Crippen LogP contribution in [0.25, 0.3) is 0 Å². The zero-order chi connectivity index (χ0) is 16.7. The van der Waals surface area contributed by atoms with Crippen molar-refractivity contribution in [3.05, 3.63) is 46.5 Å². The second-order valence-corrected chi connectivity index (χ2v) is 5.65. The Morgan fingerprint density at radius 2 is 2.09 bits per heavy atom. The number of amides is 3. The van der Waals surface area contributed by atoms with Crippen LogP contribution in [0.3, 0.4) is 0 Å². The van der Waals surface area contributed by atoms with Gasteiger partial charge in [-0.3, -0.25) is 15.0 Å². The molecule has 0 saturated carbocycles. The van der Waals surface area contributed by atoms with E-state index < -0.39 is 11.9 Å². The van der Waals surface area contributed by atoms with Gasteiger partial charge in [0.25, 0.3) is 0 Å². The molecule has 1 unspecified atom stereocenters. The zero-order valence-corrected chi connectivity index (χ0v) is 14.0. The van der Waals surface area contributed by atoms with Crippen LogP contribution in [-0.4, -0.2) is 37.0 Å². The second kappa shape index (κ2) is 8.78. The number of hydrogen-bond acceptors (Lipinski definition) is 3. The minimum atomic E-state index is -0.546. The number of rotatable bonds is 6. The molecule has 3 amide bonds. The minimum absolute atomic E-state index is 0.0572. The molecule has 1 aromatic rings. The van der Waals surface area contributed by atoms with Crippen LogP contribution in [0.5, 0.6) is 0 Å². The van der Waals surface area contributed by atoms with Crippen molar-refractivity contribution in [1.29, 1.82) is 0 Å². The maximum absolute atomic E-state index is 11.8. The summed E-state index contributed by atoms with van der Waals surface area (Å²) in [6, 6.07) is 4.57. The van der Waals surface area contributed by atoms with Crippen LogP contribution in [0.2, 0.25) is 10.0 Å². The Kier molecular flexibility index (Phi) is 7.38. The van der Waals surface area contributed by atoms with E-state index in [9.17, 15) is 9.59 Å². The van der Waals surface area contributed by atoms with Crippen LogP contribution >= 0.6 is 23.2 Å². The van der Waals surface area contributed by atoms with Crippen molar-refractivity contribution in [1.82, 2.24) is 15.5 Å². The van der Waals surface area contributed by atoms with Gasteiger partial charge in [-0.25, -0.2) is 4.79 Å². The monoisotopic (exact) mass is 343 g/mol. The van der Waals surface area contributed by atoms with Crippen LogP contribution < -0.4 is 10.6 Å². The highest BCUT2D eigenvalue weighted by atomic mass is 35.5. The van der Waals surface area contributed by atoms with Gasteiger partial charge in [0.05, 0.1) is 6.54 Å². The molecule has 22 heavy (non-hydrogen) atoms. The number of nitrogens with one attached hydrogen (secondary N) is 2. The third kappa shape index (κ3) is 5.67. The van der Waals surface area contributed by atoms with E-state index >= 15 is 0 Å². The molecule has 0 radical (unpaired) electrons. The Labute approximate surface area is 140 Å². The first-order valence-corrected chi connectivity index (χ1v) is 7.44. The van der Waals surface area contributed by atoms with Gasteiger partial charge in [-0.05, 0) is 31.7 Å². The summed E-state index contributed by atoms with van der Waals surface area (Å²) in [6.45, 7) is 5.75. The molecule has 0 fully saturated rings. The highest BCUT2D eigenvalue weighted by Gasteiger charge is 2.18. The van der Waals surface area contributed by atoms with Crippen molar-refractivity contribution in [2.24, 2.45) is 0 Å². The van der Waals surface area contributed by atoms with Crippen LogP contribution in [0.4, 0.5) is 4.79 Å². The van der Waals surface area contributed by atoms with Gasteiger partial charge < -0.3 is 5.32 Å². The second-order valence-electron chi connectivity index (χ2n) is 4.80. The Hall–Kier alpha value is -1.56. The molecule has 1 rings (SSSR count). The summed E-state index contributed by atoms with van der Waals surface area (Å²) in [4.78, 5) is 25.0. The topological polar surface area (TPSA) is 61.4 Å². The first kappa shape index (κ1) is 18.5. The normalized spacial score (nSPS) is 11.9. The van der Waals surface area contributed by atoms with E-state index in [-0.39, 0.29) is 12.6 Å². The van der Waals surface area contributed by atoms with Gasteiger partial charge >= 0.3 is 6.03 Å². The van der Waals surface area contributed by atoms with Gasteiger partial charge in [0.2, 0.25) is 5.91 Å². The van der Waals surface area contributed by atoms with Gasteiger partial charge in [-0.1, -0.05) is 35.3 Å². The predicted molar refractivity (Wildman–Crippen MR) is 89.2 cm³/mol. The highest BCUT2D eigenvalue weighted by molar-refractivity contribution is 6.35. The van der Waals surface area contributed by atoms with E-state index in [0.717, 1.165) is 5.56 Å². The van der Waals surface area contributed by atoms with E-state index in [4.69, 9.17) is 23.2 Å². The zero-order valence-electron chi connectivity index (χ0n) is 12.5. The first-order valence-electron chi connectivity index (χ1n) is 6.69. The molecule has 0 aliphatic rings. The largest absolute Gasteiger partial charge is 0.334 e. The molecule has 1 atom stereocenters. The molecule has 0 aliphatic carbocycles. The smallest absolute Gasteiger partial charge is 0.321 e. The van der Waals surface area contributed by atoms with Crippen molar-refractivity contribution in [3.8, 4) is 0 Å². The number of halogens is 2. The highest BCUT2D eigenvalue weighted by Crippen LogP contribution is 2.28. The number of carbonyl (C=O) groups is 2. The average molecular weight is 344 g/mol. The Bertz CT molecular complexity index is 564. The summed E-state index contributed by atoms with van der Waals surface area (Å²) in [5.74, 6) is -0.402. The molecule has 0 spiro atoms. The fourth-order valence-electron chi connectivity index (χ4n) is 1.82. The Balaban J connectivity index is 2.60. The van der Waals surface area contributed by atoms with Crippen LogP contribution in [0, 0.1) is 0 Å². The summed E-state index contributed by atoms with van der Waals surface area (Å²) in [5.41, 5.74) is 0.859. The van der Waals surface area contributed by atoms with E-state index in [1.165, 1.54) is 6.08 Å². The molecule has 0 aromatic heterocycles. The maximum atomic E-state index is 11.8. The number of carbonyl (C=O) groups excluding carboxylic acids is 2. The molecule has 0 aliphatic heterocycles. The number of urea groups is 1. The van der Waals surface area contributed by atoms with Crippen molar-refractivity contribution in [2.45, 2.75) is 13.0 Å². The van der Waals surface area contributed by atoms with Crippen LogP contribution in [0.15, 0.2) is 30.9 Å². The van der Waals surface area contributed by atoms with Crippen molar-refractivity contribution in [2.75, 3.05) is 20.1 Å². The number of imide groups is 1. The molecule has 2 N–H and O–H groups in total. The van der Waals surface area contributed by atoms with Gasteiger partial charge in [-0.2, -0.15) is 0 Å². The Morgan fingerprint density at radius 1 is 1.41 bits per heavy atom. The summed E-state index contributed by atoms with van der Waals surface area (Å²) < 4.78 is 0. The minimum Gasteiger partial charge on any atom is -0.334 e. The molecule has 1 aromatic carbocycles. The van der Waals surface area contributed by atoms with Gasteiger partial charge in [-0.15, -0.1) is 6.58 Å². The van der Waals surface area contributed by atoms with Crippen molar-refractivity contribution < 1.29 is 9.59 Å². The molecule has 0 bridgehead atoms. The third-order valence-electron chi connectivity index (χ3n) is 3.13. The third-order valence-corrected chi connectivity index (χ3v) is 3.69. The molecule has 0 saturated heterocycles. The summed E-state index contributed by atoms with van der Waals surface area (Å²) in [6.07, 6.45) is 1.53. The number of hydrogen-bond donors (Lipinski definition) is 2. The van der Waals surface area contributed by atoms with Crippen LogP contribution in [0.1, 0.15) is 18.5 Å². The van der Waals surface area contributed by atoms with E-state index in [1.54, 1.807) is 24.1 Å². The number of likely N-dealkylation sites (N-methyl/N-ethyl adjacent to an activating group) is 1. The van der Waals surface area contributed by atoms with Crippen LogP contribution in [-0.2, 0) is 4.79 Å². The molecule has 120 valence electrons. The number of nitrogens with zero attached hydrogens (tertiary/aromatic N) is 1. The molecular weight excluding hydrogens is 325 g/mol. The predicted octanol–water partition coefficient (Wildman–Crippen LogP) is 3.00. The van der Waals surface area contributed by atoms with Crippen molar-refractivity contribution in [3.63, 3.8) is 0 Å². The molecule has 5 nitrogen and oxygen atoms in total. The van der Waals surface area contributed by atoms with E-state index in [2.05, 4.69) is 17.2 Å². The molecule has 7 heteroatoms. The lowest BCUT2D eigenvalue weighted by Crippen LogP contribution is -2.44. The lowest BCUT2D eigenvalue weighted by Gasteiger charge is -2.25.